The minimum absolute atomic E-state index is 0.0571. The maximum absolute atomic E-state index is 13.0. The number of hydrogen-bond donors (Lipinski definition) is 3. The predicted octanol–water partition coefficient (Wildman–Crippen LogP) is 8.12. The molecule has 4 N–H and O–H groups in total. The molecule has 0 saturated heterocycles. The Hall–Kier alpha value is -6.20. The Morgan fingerprint density at radius 1 is 0.621 bits per heavy atom. The molecule has 2 amide bonds. The van der Waals surface area contributed by atoms with Gasteiger partial charge in [-0.05, 0) is 31.0 Å². The summed E-state index contributed by atoms with van der Waals surface area (Å²) in [6.45, 7) is 3.94. The average molecular weight is 968 g/mol. The van der Waals surface area contributed by atoms with Gasteiger partial charge in [0.25, 0.3) is 11.8 Å². The van der Waals surface area contributed by atoms with E-state index >= 15 is 0 Å². The van der Waals surface area contributed by atoms with Crippen LogP contribution in [-0.2, 0) is 45.3 Å². The number of aryl methyl sites for hydroxylation is 2. The van der Waals surface area contributed by atoms with Crippen molar-refractivity contribution in [3.8, 4) is 11.8 Å². The molecule has 0 bridgehead atoms. The van der Waals surface area contributed by atoms with Crippen molar-refractivity contribution in [2.75, 3.05) is 46.9 Å². The quantitative estimate of drug-likeness (QED) is 0.0225. The highest BCUT2D eigenvalue weighted by atomic mass is 32.2. The Morgan fingerprint density at radius 2 is 0.985 bits per heavy atom. The predicted molar refractivity (Wildman–Crippen MR) is 241 cm³/mol. The molecular formula is C43H51F6N9O6S2. The van der Waals surface area contributed by atoms with Gasteiger partial charge in [0.05, 0.1) is 0 Å². The van der Waals surface area contributed by atoms with E-state index in [0.717, 1.165) is 23.5 Å². The summed E-state index contributed by atoms with van der Waals surface area (Å²) < 4.78 is 86.5. The minimum Gasteiger partial charge on any atom is -0.473 e. The fourth-order valence-electron chi connectivity index (χ4n) is 5.09. The molecule has 66 heavy (non-hydrogen) atoms. The highest BCUT2D eigenvalue weighted by Gasteiger charge is 2.20. The van der Waals surface area contributed by atoms with E-state index in [0.29, 0.717) is 56.8 Å². The summed E-state index contributed by atoms with van der Waals surface area (Å²) >= 11 is 2.11. The molecular weight excluding hydrogens is 917 g/mol. The number of oxime groups is 2. The normalized spacial score (nSPS) is 10.9. The third kappa shape index (κ3) is 18.7. The molecule has 0 radical (unpaired) electrons. The van der Waals surface area contributed by atoms with Gasteiger partial charge >= 0.3 is 12.2 Å². The fraction of sp³-hybridized carbons (Fsp3) is 0.349. The van der Waals surface area contributed by atoms with Crippen molar-refractivity contribution in [1.29, 1.82) is 0 Å². The van der Waals surface area contributed by atoms with E-state index in [4.69, 9.17) is 19.1 Å². The summed E-state index contributed by atoms with van der Waals surface area (Å²) in [6, 6.07) is 17.4. The number of nitrogens with one attached hydrogen (secondary N) is 2. The van der Waals surface area contributed by atoms with Crippen molar-refractivity contribution >= 4 is 46.8 Å². The van der Waals surface area contributed by atoms with Crippen LogP contribution in [0.5, 0.6) is 11.8 Å². The number of carbonyl (C=O) groups excluding carboxylic acids is 2. The lowest BCUT2D eigenvalue weighted by Crippen LogP contribution is -2.29. The number of halogens is 6. The zero-order valence-corrected chi connectivity index (χ0v) is 38.9. The minimum atomic E-state index is -2.32. The Kier molecular flexibility index (Phi) is 26.1. The second kappa shape index (κ2) is 30.8. The molecule has 15 nitrogen and oxygen atoms in total. The largest absolute Gasteiger partial charge is 0.473 e. The van der Waals surface area contributed by atoms with Crippen LogP contribution in [-0.4, -0.2) is 90.0 Å². The SMILES string of the molecule is CCc1cc(OCc2ccccc2/C(=N\OC)C(=O)NC)nc(SCCC(F)=C(F)F)n1.CCc1cc(OCc2ccccc2/C(=N\OC)C(=O)NC)nc(SCCC(F)=C(F)F)n1.CN. The second-order valence-corrected chi connectivity index (χ2v) is 14.6. The van der Waals surface area contributed by atoms with Gasteiger partial charge in [-0.25, -0.2) is 18.7 Å². The van der Waals surface area contributed by atoms with Crippen LogP contribution in [0, 0.1) is 0 Å². The molecule has 0 unspecified atom stereocenters. The van der Waals surface area contributed by atoms with Gasteiger partial charge in [0.15, 0.2) is 33.4 Å². The first-order valence-electron chi connectivity index (χ1n) is 19.9. The lowest BCUT2D eigenvalue weighted by Gasteiger charge is -2.12. The number of amides is 2. The van der Waals surface area contributed by atoms with E-state index in [9.17, 15) is 35.9 Å². The standard InChI is InChI=1S/2C21H23F3N4O3S.CH5N/c2*1-4-14-11-17(27-21(26-14)32-10-9-16(22)19(23)24)31-12-13-7-5-6-8-15(13)18(28-30-3)20(29)25-2;1-2/h2*5-8,11H,4,9-10,12H2,1-3H3,(H,25,29);2H2,1H3/b2*28-18+;. The monoisotopic (exact) mass is 967 g/mol. The Morgan fingerprint density at radius 3 is 1.30 bits per heavy atom. The van der Waals surface area contributed by atoms with Gasteiger partial charge in [-0.3, -0.25) is 9.59 Å². The number of thioether (sulfide) groups is 2. The van der Waals surface area contributed by atoms with Gasteiger partial charge in [0.1, 0.15) is 27.4 Å². The lowest BCUT2D eigenvalue weighted by atomic mass is 10.0. The molecule has 2 heterocycles. The highest BCUT2D eigenvalue weighted by Crippen LogP contribution is 2.25. The van der Waals surface area contributed by atoms with Crippen LogP contribution in [0.2, 0.25) is 0 Å². The van der Waals surface area contributed by atoms with E-state index in [1.165, 1.54) is 35.4 Å². The fourth-order valence-corrected chi connectivity index (χ4v) is 6.69. The number of nitrogens with two attached hydrogens (primary N) is 1. The summed E-state index contributed by atoms with van der Waals surface area (Å²) in [4.78, 5) is 51.1. The van der Waals surface area contributed by atoms with Gasteiger partial charge in [-0.15, -0.1) is 0 Å². The molecule has 358 valence electrons. The first-order chi connectivity index (χ1) is 31.8. The summed E-state index contributed by atoms with van der Waals surface area (Å²) in [5, 5.41) is 13.3. The van der Waals surface area contributed by atoms with Gasteiger partial charge in [-0.1, -0.05) is 96.2 Å². The van der Waals surface area contributed by atoms with Gasteiger partial charge in [0, 0.05) is 73.1 Å². The first-order valence-corrected chi connectivity index (χ1v) is 21.8. The number of hydrogen-bond acceptors (Lipinski definition) is 15. The molecule has 0 saturated carbocycles. The van der Waals surface area contributed by atoms with Crippen LogP contribution in [0.3, 0.4) is 0 Å². The number of ether oxygens (including phenoxy) is 2. The summed E-state index contributed by atoms with van der Waals surface area (Å²) in [7, 11) is 7.17. The smallest absolute Gasteiger partial charge is 0.301 e. The summed E-state index contributed by atoms with van der Waals surface area (Å²) in [5.74, 6) is -3.07. The van der Waals surface area contributed by atoms with Gasteiger partial charge < -0.3 is 35.5 Å². The third-order valence-electron chi connectivity index (χ3n) is 8.26. The van der Waals surface area contributed by atoms with E-state index in [1.807, 2.05) is 13.8 Å². The number of aromatic nitrogens is 4. The van der Waals surface area contributed by atoms with Gasteiger partial charge in [0.2, 0.25) is 11.8 Å². The zero-order valence-electron chi connectivity index (χ0n) is 37.2. The summed E-state index contributed by atoms with van der Waals surface area (Å²) in [5.41, 5.74) is 8.46. The maximum atomic E-state index is 13.0. The van der Waals surface area contributed by atoms with Crippen LogP contribution >= 0.6 is 23.5 Å². The molecule has 2 aromatic carbocycles. The molecule has 2 aromatic heterocycles. The molecule has 4 rings (SSSR count). The van der Waals surface area contributed by atoms with E-state index in [-0.39, 0.29) is 47.9 Å². The third-order valence-corrected chi connectivity index (χ3v) is 9.95. The van der Waals surface area contributed by atoms with Crippen molar-refractivity contribution in [3.05, 3.63) is 118 Å². The van der Waals surface area contributed by atoms with E-state index < -0.39 is 48.5 Å². The molecule has 0 aliphatic rings. The number of nitrogens with zero attached hydrogens (tertiary/aromatic N) is 6. The maximum Gasteiger partial charge on any atom is 0.301 e. The number of rotatable bonds is 22. The number of allylic oxidation sites excluding steroid dienone is 2. The number of carbonyl (C=O) groups is 2. The first kappa shape index (κ1) is 55.9. The Labute approximate surface area is 387 Å². The molecule has 23 heteroatoms. The van der Waals surface area contributed by atoms with E-state index in [2.05, 4.69) is 46.6 Å². The summed E-state index contributed by atoms with van der Waals surface area (Å²) in [6.07, 6.45) is -4.28. The molecule has 4 aromatic rings. The van der Waals surface area contributed by atoms with Crippen LogP contribution in [0.15, 0.2) is 105 Å². The number of benzene rings is 2. The van der Waals surface area contributed by atoms with Gasteiger partial charge in [-0.2, -0.15) is 27.5 Å². The topological polar surface area (TPSA) is 197 Å². The molecule has 0 aliphatic carbocycles. The Bertz CT molecular complexity index is 2160. The Balaban J connectivity index is 0.000000437. The average Bonchev–Trinajstić information content (AvgIpc) is 3.33. The van der Waals surface area contributed by atoms with E-state index in [1.54, 1.807) is 60.7 Å². The second-order valence-electron chi connectivity index (χ2n) is 12.5. The van der Waals surface area contributed by atoms with Crippen LogP contribution < -0.4 is 25.8 Å². The molecule has 0 atom stereocenters. The van der Waals surface area contributed by atoms with Crippen molar-refractivity contribution in [2.24, 2.45) is 16.0 Å². The van der Waals surface area contributed by atoms with Crippen LogP contribution in [0.4, 0.5) is 26.3 Å². The molecule has 0 fully saturated rings. The van der Waals surface area contributed by atoms with Crippen LogP contribution in [0.1, 0.15) is 60.3 Å². The molecule has 0 spiro atoms. The highest BCUT2D eigenvalue weighted by molar-refractivity contribution is 7.99. The number of likely N-dealkylation sites (N-methyl/N-ethyl adjacent to an activating group) is 2. The van der Waals surface area contributed by atoms with Crippen molar-refractivity contribution in [2.45, 2.75) is 63.1 Å². The van der Waals surface area contributed by atoms with Crippen molar-refractivity contribution in [3.63, 3.8) is 0 Å². The van der Waals surface area contributed by atoms with Crippen LogP contribution in [0.25, 0.3) is 0 Å². The lowest BCUT2D eigenvalue weighted by molar-refractivity contribution is -0.115. The zero-order chi connectivity index (χ0) is 49.0. The van der Waals surface area contributed by atoms with Crippen molar-refractivity contribution < 1.29 is 55.1 Å². The molecule has 0 aliphatic heterocycles. The van der Waals surface area contributed by atoms with Crippen molar-refractivity contribution in [1.82, 2.24) is 30.6 Å².